The van der Waals surface area contributed by atoms with Crippen LogP contribution in [-0.4, -0.2) is 17.4 Å². The van der Waals surface area contributed by atoms with Crippen molar-refractivity contribution in [2.75, 3.05) is 6.54 Å². The monoisotopic (exact) mass is 368 g/mol. The Bertz CT molecular complexity index is 698. The molecule has 1 aromatic heterocycles. The van der Waals surface area contributed by atoms with Crippen LogP contribution in [0.2, 0.25) is 10.0 Å². The van der Waals surface area contributed by atoms with Crippen molar-refractivity contribution in [3.05, 3.63) is 56.0 Å². The highest BCUT2D eigenvalue weighted by molar-refractivity contribution is 7.09. The molecule has 0 radical (unpaired) electrons. The topological polar surface area (TPSA) is 42.0 Å². The smallest absolute Gasteiger partial charge is 0.243 e. The summed E-state index contributed by atoms with van der Waals surface area (Å²) >= 11 is 13.7. The van der Waals surface area contributed by atoms with Gasteiger partial charge in [0.2, 0.25) is 5.91 Å². The number of hydrogen-bond acceptors (Lipinski definition) is 3. The van der Waals surface area contributed by atoms with Gasteiger partial charge < -0.3 is 5.32 Å². The minimum Gasteiger partial charge on any atom is -0.353 e. The SMILES string of the molecule is Cc1csc(CCCCNC(=O)/C=C/c2cccc(Cl)c2Cl)n1. The van der Waals surface area contributed by atoms with Crippen molar-refractivity contribution in [1.29, 1.82) is 0 Å². The number of thiazole rings is 1. The fourth-order valence-electron chi connectivity index (χ4n) is 2.00. The van der Waals surface area contributed by atoms with Crippen LogP contribution in [0.5, 0.6) is 0 Å². The van der Waals surface area contributed by atoms with Crippen molar-refractivity contribution in [3.63, 3.8) is 0 Å². The Balaban J connectivity index is 1.68. The zero-order valence-corrected chi connectivity index (χ0v) is 15.1. The van der Waals surface area contributed by atoms with Gasteiger partial charge in [-0.3, -0.25) is 4.79 Å². The predicted octanol–water partition coefficient (Wildman–Crippen LogP) is 4.91. The molecular weight excluding hydrogens is 351 g/mol. The number of halogens is 2. The molecule has 0 saturated carbocycles. The molecule has 0 bridgehead atoms. The zero-order valence-electron chi connectivity index (χ0n) is 12.8. The number of carbonyl (C=O) groups is 1. The second-order valence-corrected chi connectivity index (χ2v) is 6.83. The highest BCUT2D eigenvalue weighted by Gasteiger charge is 2.02. The lowest BCUT2D eigenvalue weighted by Gasteiger charge is -2.02. The van der Waals surface area contributed by atoms with Crippen LogP contribution in [0.15, 0.2) is 29.7 Å². The fourth-order valence-corrected chi connectivity index (χ4v) is 3.19. The summed E-state index contributed by atoms with van der Waals surface area (Å²) in [6.45, 7) is 2.65. The lowest BCUT2D eigenvalue weighted by atomic mass is 10.2. The molecule has 0 atom stereocenters. The maximum atomic E-state index is 11.8. The number of carbonyl (C=O) groups excluding carboxylic acids is 1. The molecule has 122 valence electrons. The Morgan fingerprint density at radius 1 is 1.35 bits per heavy atom. The first-order valence-corrected chi connectivity index (χ1v) is 9.01. The van der Waals surface area contributed by atoms with Crippen LogP contribution < -0.4 is 5.32 Å². The predicted molar refractivity (Wildman–Crippen MR) is 98.3 cm³/mol. The van der Waals surface area contributed by atoms with Crippen LogP contribution in [0.3, 0.4) is 0 Å². The first kappa shape index (κ1) is 18.0. The lowest BCUT2D eigenvalue weighted by Crippen LogP contribution is -2.22. The molecule has 0 fully saturated rings. The van der Waals surface area contributed by atoms with Crippen molar-refractivity contribution >= 4 is 46.5 Å². The summed E-state index contributed by atoms with van der Waals surface area (Å²) in [6, 6.07) is 5.32. The molecule has 1 heterocycles. The third-order valence-corrected chi connectivity index (χ3v) is 5.04. The van der Waals surface area contributed by atoms with Crippen molar-refractivity contribution < 1.29 is 4.79 Å². The number of aromatic nitrogens is 1. The normalized spacial score (nSPS) is 11.1. The summed E-state index contributed by atoms with van der Waals surface area (Å²) < 4.78 is 0. The van der Waals surface area contributed by atoms with Crippen LogP contribution in [0.4, 0.5) is 0 Å². The zero-order chi connectivity index (χ0) is 16.7. The van der Waals surface area contributed by atoms with Crippen molar-refractivity contribution in [2.45, 2.75) is 26.2 Å². The second kappa shape index (κ2) is 9.06. The Hall–Kier alpha value is -1.36. The van der Waals surface area contributed by atoms with E-state index < -0.39 is 0 Å². The number of unbranched alkanes of at least 4 members (excludes halogenated alkanes) is 1. The van der Waals surface area contributed by atoms with E-state index >= 15 is 0 Å². The molecule has 2 aromatic rings. The van der Waals surface area contributed by atoms with Gasteiger partial charge in [-0.25, -0.2) is 4.98 Å². The van der Waals surface area contributed by atoms with Gasteiger partial charge in [0.1, 0.15) is 0 Å². The molecule has 1 aromatic carbocycles. The van der Waals surface area contributed by atoms with E-state index in [4.69, 9.17) is 23.2 Å². The van der Waals surface area contributed by atoms with E-state index in [9.17, 15) is 4.79 Å². The van der Waals surface area contributed by atoms with Crippen LogP contribution in [0.25, 0.3) is 6.08 Å². The highest BCUT2D eigenvalue weighted by atomic mass is 35.5. The maximum absolute atomic E-state index is 11.8. The molecule has 1 N–H and O–H groups in total. The minimum atomic E-state index is -0.133. The minimum absolute atomic E-state index is 0.133. The average molecular weight is 369 g/mol. The van der Waals surface area contributed by atoms with E-state index in [1.54, 1.807) is 29.5 Å². The molecule has 2 rings (SSSR count). The van der Waals surface area contributed by atoms with E-state index in [2.05, 4.69) is 15.7 Å². The van der Waals surface area contributed by atoms with E-state index in [0.717, 1.165) is 35.5 Å². The summed E-state index contributed by atoms with van der Waals surface area (Å²) in [5, 5.41) is 7.01. The van der Waals surface area contributed by atoms with Crippen molar-refractivity contribution in [1.82, 2.24) is 10.3 Å². The lowest BCUT2D eigenvalue weighted by molar-refractivity contribution is -0.116. The quantitative estimate of drug-likeness (QED) is 0.557. The Labute approximate surface area is 150 Å². The van der Waals surface area contributed by atoms with Gasteiger partial charge in [0, 0.05) is 23.7 Å². The standard InChI is InChI=1S/C17H18Cl2N2OS/c1-12-11-23-16(21-12)7-2-3-10-20-15(22)9-8-13-5-4-6-14(18)17(13)19/h4-6,8-9,11H,2-3,7,10H2,1H3,(H,20,22)/b9-8+. The van der Waals surface area contributed by atoms with Gasteiger partial charge in [-0.2, -0.15) is 0 Å². The van der Waals surface area contributed by atoms with Gasteiger partial charge in [0.05, 0.1) is 15.1 Å². The molecule has 3 nitrogen and oxygen atoms in total. The molecule has 23 heavy (non-hydrogen) atoms. The summed E-state index contributed by atoms with van der Waals surface area (Å²) in [5.41, 5.74) is 1.80. The second-order valence-electron chi connectivity index (χ2n) is 5.11. The van der Waals surface area contributed by atoms with Gasteiger partial charge >= 0.3 is 0 Å². The van der Waals surface area contributed by atoms with E-state index in [1.807, 2.05) is 13.0 Å². The molecule has 0 saturated heterocycles. The Morgan fingerprint density at radius 3 is 2.91 bits per heavy atom. The number of hydrogen-bond donors (Lipinski definition) is 1. The number of benzene rings is 1. The summed E-state index contributed by atoms with van der Waals surface area (Å²) in [6.07, 6.45) is 6.04. The third-order valence-electron chi connectivity index (χ3n) is 3.18. The summed E-state index contributed by atoms with van der Waals surface area (Å²) in [7, 11) is 0. The van der Waals surface area contributed by atoms with Crippen molar-refractivity contribution in [3.8, 4) is 0 Å². The largest absolute Gasteiger partial charge is 0.353 e. The number of nitrogens with one attached hydrogen (secondary N) is 1. The van der Waals surface area contributed by atoms with Crippen LogP contribution in [0, 0.1) is 6.92 Å². The van der Waals surface area contributed by atoms with Gasteiger partial charge in [-0.15, -0.1) is 11.3 Å². The van der Waals surface area contributed by atoms with E-state index in [0.29, 0.717) is 16.6 Å². The summed E-state index contributed by atoms with van der Waals surface area (Å²) in [4.78, 5) is 16.2. The highest BCUT2D eigenvalue weighted by Crippen LogP contribution is 2.26. The van der Waals surface area contributed by atoms with Crippen molar-refractivity contribution in [2.24, 2.45) is 0 Å². The van der Waals surface area contributed by atoms with Gasteiger partial charge in [0.15, 0.2) is 0 Å². The first-order valence-electron chi connectivity index (χ1n) is 7.37. The molecule has 0 unspecified atom stereocenters. The van der Waals surface area contributed by atoms with Crippen LogP contribution in [-0.2, 0) is 11.2 Å². The number of nitrogens with zero attached hydrogens (tertiary/aromatic N) is 1. The molecule has 0 spiro atoms. The van der Waals surface area contributed by atoms with E-state index in [-0.39, 0.29) is 5.91 Å². The van der Waals surface area contributed by atoms with Crippen LogP contribution >= 0.6 is 34.5 Å². The Morgan fingerprint density at radius 2 is 2.17 bits per heavy atom. The molecule has 0 aliphatic heterocycles. The number of amides is 1. The number of rotatable bonds is 7. The number of aryl methyl sites for hydroxylation is 2. The average Bonchev–Trinajstić information content (AvgIpc) is 2.94. The van der Waals surface area contributed by atoms with Gasteiger partial charge in [-0.05, 0) is 43.9 Å². The molecule has 6 heteroatoms. The Kier molecular flexibility index (Phi) is 7.09. The fraction of sp³-hybridized carbons (Fsp3) is 0.294. The molecule has 0 aliphatic rings. The van der Waals surface area contributed by atoms with Gasteiger partial charge in [-0.1, -0.05) is 35.3 Å². The molecular formula is C17H18Cl2N2OS. The summed E-state index contributed by atoms with van der Waals surface area (Å²) in [5.74, 6) is -0.133. The third kappa shape index (κ3) is 5.98. The molecule has 1 amide bonds. The van der Waals surface area contributed by atoms with Gasteiger partial charge in [0.25, 0.3) is 0 Å². The first-order chi connectivity index (χ1) is 11.1. The van der Waals surface area contributed by atoms with Crippen LogP contribution in [0.1, 0.15) is 29.1 Å². The van der Waals surface area contributed by atoms with E-state index in [1.165, 1.54) is 6.08 Å². The molecule has 0 aliphatic carbocycles. The maximum Gasteiger partial charge on any atom is 0.243 e.